The molecule has 0 amide bonds. The Morgan fingerprint density at radius 1 is 1.39 bits per heavy atom. The Hall–Kier alpha value is -1.62. The Morgan fingerprint density at radius 2 is 2.06 bits per heavy atom. The van der Waals surface area contributed by atoms with Crippen molar-refractivity contribution in [1.82, 2.24) is 0 Å². The number of benzene rings is 1. The molecule has 1 aliphatic carbocycles. The van der Waals surface area contributed by atoms with E-state index in [1.165, 1.54) is 6.26 Å². The summed E-state index contributed by atoms with van der Waals surface area (Å²) in [6.07, 6.45) is 3.21. The van der Waals surface area contributed by atoms with E-state index >= 15 is 0 Å². The van der Waals surface area contributed by atoms with E-state index < -0.39 is 15.8 Å². The molecule has 0 unspecified atom stereocenters. The smallest absolute Gasteiger partial charge is 0.331 e. The number of fused-ring (bicyclic) bond motifs is 1. The van der Waals surface area contributed by atoms with Gasteiger partial charge in [-0.05, 0) is 35.3 Å². The van der Waals surface area contributed by atoms with Crippen molar-refractivity contribution >= 4 is 21.9 Å². The zero-order valence-electron chi connectivity index (χ0n) is 10.2. The Bertz CT molecular complexity index is 654. The van der Waals surface area contributed by atoms with E-state index in [-0.39, 0.29) is 5.75 Å². The van der Waals surface area contributed by atoms with Gasteiger partial charge < -0.3 is 5.11 Å². The number of hydrogen-bond acceptors (Lipinski definition) is 3. The number of hydrogen-bond donors (Lipinski definition) is 1. The highest BCUT2D eigenvalue weighted by Crippen LogP contribution is 2.28. The lowest BCUT2D eigenvalue weighted by atomic mass is 10.0. The van der Waals surface area contributed by atoms with Gasteiger partial charge in [0.25, 0.3) is 0 Å². The van der Waals surface area contributed by atoms with Crippen LogP contribution in [0.4, 0.5) is 0 Å². The van der Waals surface area contributed by atoms with E-state index in [2.05, 4.69) is 0 Å². The quantitative estimate of drug-likeness (QED) is 0.901. The van der Waals surface area contributed by atoms with Crippen molar-refractivity contribution < 1.29 is 18.3 Å². The minimum atomic E-state index is -3.08. The van der Waals surface area contributed by atoms with Crippen LogP contribution in [0.1, 0.15) is 22.3 Å². The van der Waals surface area contributed by atoms with Gasteiger partial charge in [0.2, 0.25) is 0 Å². The second-order valence-corrected chi connectivity index (χ2v) is 6.84. The van der Waals surface area contributed by atoms with Gasteiger partial charge in [0.1, 0.15) is 0 Å². The first-order valence-electron chi connectivity index (χ1n) is 5.50. The summed E-state index contributed by atoms with van der Waals surface area (Å²) in [6.45, 7) is 1.84. The number of carbonyl (C=O) groups is 1. The fourth-order valence-electron chi connectivity index (χ4n) is 2.13. The summed E-state index contributed by atoms with van der Waals surface area (Å²) in [5.41, 5.74) is 3.73. The van der Waals surface area contributed by atoms with Gasteiger partial charge >= 0.3 is 5.97 Å². The van der Waals surface area contributed by atoms with Crippen LogP contribution in [0.3, 0.4) is 0 Å². The van der Waals surface area contributed by atoms with Crippen LogP contribution >= 0.6 is 0 Å². The third kappa shape index (κ3) is 2.61. The zero-order valence-corrected chi connectivity index (χ0v) is 11.0. The van der Waals surface area contributed by atoms with Crippen LogP contribution in [-0.4, -0.2) is 25.7 Å². The van der Waals surface area contributed by atoms with Crippen LogP contribution in [-0.2, 0) is 26.8 Å². The van der Waals surface area contributed by atoms with E-state index in [0.29, 0.717) is 12.0 Å². The lowest BCUT2D eigenvalue weighted by molar-refractivity contribution is -0.132. The topological polar surface area (TPSA) is 71.4 Å². The Labute approximate surface area is 106 Å². The fourth-order valence-corrected chi connectivity index (χ4v) is 3.01. The molecule has 0 aromatic heterocycles. The number of sulfone groups is 1. The molecule has 2 rings (SSSR count). The second-order valence-electron chi connectivity index (χ2n) is 4.70. The van der Waals surface area contributed by atoms with Crippen molar-refractivity contribution in [1.29, 1.82) is 0 Å². The van der Waals surface area contributed by atoms with Crippen LogP contribution in [0.5, 0.6) is 0 Å². The number of rotatable bonds is 3. The molecule has 0 aliphatic heterocycles. The molecule has 0 bridgehead atoms. The molecule has 0 radical (unpaired) electrons. The van der Waals surface area contributed by atoms with Crippen molar-refractivity contribution in [3.05, 3.63) is 40.0 Å². The highest BCUT2D eigenvalue weighted by molar-refractivity contribution is 7.89. The molecule has 4 nitrogen and oxygen atoms in total. The van der Waals surface area contributed by atoms with E-state index in [1.807, 2.05) is 13.0 Å². The number of aryl methyl sites for hydroxylation is 1. The van der Waals surface area contributed by atoms with Crippen LogP contribution in [0, 0.1) is 6.92 Å². The van der Waals surface area contributed by atoms with Gasteiger partial charge in [-0.15, -0.1) is 0 Å². The minimum absolute atomic E-state index is 0.00544. The molecule has 0 saturated heterocycles. The number of carboxylic acids is 1. The molecule has 5 heteroatoms. The standard InChI is InChI=1S/C13H14O4S/c1-8-3-9-4-11(13(14)15)5-10(9)6-12(8)7-18(2,16)17/h3-4,6H,5,7H2,1-2H3,(H,14,15). The zero-order chi connectivity index (χ0) is 13.5. The summed E-state index contributed by atoms with van der Waals surface area (Å²) in [7, 11) is -3.08. The van der Waals surface area contributed by atoms with Crippen LogP contribution in [0.2, 0.25) is 0 Å². The van der Waals surface area contributed by atoms with Crippen molar-refractivity contribution in [3.63, 3.8) is 0 Å². The molecule has 0 spiro atoms. The maximum atomic E-state index is 11.3. The van der Waals surface area contributed by atoms with E-state index in [9.17, 15) is 13.2 Å². The third-order valence-electron chi connectivity index (χ3n) is 3.00. The van der Waals surface area contributed by atoms with E-state index in [1.54, 1.807) is 12.1 Å². The molecule has 0 fully saturated rings. The summed E-state index contributed by atoms with van der Waals surface area (Å²) >= 11 is 0. The predicted octanol–water partition coefficient (Wildman–Crippen LogP) is 1.56. The monoisotopic (exact) mass is 266 g/mol. The molecule has 0 saturated carbocycles. The van der Waals surface area contributed by atoms with Crippen LogP contribution < -0.4 is 0 Å². The van der Waals surface area contributed by atoms with Crippen molar-refractivity contribution in [2.45, 2.75) is 19.1 Å². The van der Waals surface area contributed by atoms with Gasteiger partial charge in [-0.2, -0.15) is 0 Å². The summed E-state index contributed by atoms with van der Waals surface area (Å²) in [5, 5.41) is 8.95. The molecule has 0 heterocycles. The van der Waals surface area contributed by atoms with Crippen molar-refractivity contribution in [2.75, 3.05) is 6.26 Å². The molecule has 1 aromatic rings. The predicted molar refractivity (Wildman–Crippen MR) is 69.0 cm³/mol. The van der Waals surface area contributed by atoms with Gasteiger partial charge in [0.15, 0.2) is 9.84 Å². The average molecular weight is 266 g/mol. The molecule has 96 valence electrons. The molecule has 1 N–H and O–H groups in total. The van der Waals surface area contributed by atoms with E-state index in [4.69, 9.17) is 5.11 Å². The minimum Gasteiger partial charge on any atom is -0.478 e. The summed E-state index contributed by atoms with van der Waals surface area (Å²) in [5.74, 6) is -0.928. The summed E-state index contributed by atoms with van der Waals surface area (Å²) < 4.78 is 22.6. The van der Waals surface area contributed by atoms with Gasteiger partial charge in [0.05, 0.1) is 5.75 Å². The second kappa shape index (κ2) is 4.24. The summed E-state index contributed by atoms with van der Waals surface area (Å²) in [6, 6.07) is 3.66. The summed E-state index contributed by atoms with van der Waals surface area (Å²) in [4.78, 5) is 10.9. The van der Waals surface area contributed by atoms with Gasteiger partial charge in [-0.3, -0.25) is 0 Å². The molecular weight excluding hydrogens is 252 g/mol. The van der Waals surface area contributed by atoms with Crippen LogP contribution in [0.25, 0.3) is 6.08 Å². The number of carboxylic acid groups (broad SMARTS) is 1. The largest absolute Gasteiger partial charge is 0.478 e. The first kappa shape index (κ1) is 12.8. The van der Waals surface area contributed by atoms with Gasteiger partial charge in [-0.25, -0.2) is 13.2 Å². The highest BCUT2D eigenvalue weighted by atomic mass is 32.2. The molecular formula is C13H14O4S. The Balaban J connectivity index is 2.40. The molecule has 0 atom stereocenters. The first-order chi connectivity index (χ1) is 8.26. The number of aliphatic carboxylic acids is 1. The van der Waals surface area contributed by atoms with E-state index in [0.717, 1.165) is 22.3 Å². The molecule has 18 heavy (non-hydrogen) atoms. The maximum Gasteiger partial charge on any atom is 0.331 e. The van der Waals surface area contributed by atoms with Crippen LogP contribution in [0.15, 0.2) is 17.7 Å². The Morgan fingerprint density at radius 3 is 2.61 bits per heavy atom. The Kier molecular flexibility index (Phi) is 3.02. The third-order valence-corrected chi connectivity index (χ3v) is 3.84. The lowest BCUT2D eigenvalue weighted by Gasteiger charge is -2.08. The van der Waals surface area contributed by atoms with Gasteiger partial charge in [-0.1, -0.05) is 12.1 Å². The molecule has 1 aromatic carbocycles. The SMILES string of the molecule is Cc1cc2c(cc1CS(C)(=O)=O)CC(C(=O)O)=C2. The first-order valence-corrected chi connectivity index (χ1v) is 7.56. The lowest BCUT2D eigenvalue weighted by Crippen LogP contribution is -2.04. The van der Waals surface area contributed by atoms with Crippen molar-refractivity contribution in [3.8, 4) is 0 Å². The average Bonchev–Trinajstić information content (AvgIpc) is 2.59. The van der Waals surface area contributed by atoms with Crippen molar-refractivity contribution in [2.24, 2.45) is 0 Å². The maximum absolute atomic E-state index is 11.3. The highest BCUT2D eigenvalue weighted by Gasteiger charge is 2.19. The normalized spacial score (nSPS) is 14.2. The fraction of sp³-hybridized carbons (Fsp3) is 0.308. The van der Waals surface area contributed by atoms with Gasteiger partial charge in [0, 0.05) is 18.2 Å². The molecule has 1 aliphatic rings.